The quantitative estimate of drug-likeness (QED) is 0.238. The first-order valence-electron chi connectivity index (χ1n) is 13.3. The molecule has 40 heavy (non-hydrogen) atoms. The highest BCUT2D eigenvalue weighted by molar-refractivity contribution is 6.12. The van der Waals surface area contributed by atoms with Crippen LogP contribution < -0.4 is 0 Å². The first-order valence-corrected chi connectivity index (χ1v) is 13.3. The van der Waals surface area contributed by atoms with Gasteiger partial charge in [-0.25, -0.2) is 4.98 Å². The first kappa shape index (κ1) is 22.3. The van der Waals surface area contributed by atoms with Gasteiger partial charge in [-0.1, -0.05) is 72.8 Å². The third-order valence-corrected chi connectivity index (χ3v) is 7.80. The summed E-state index contributed by atoms with van der Waals surface area (Å²) in [7, 11) is 0. The van der Waals surface area contributed by atoms with Gasteiger partial charge >= 0.3 is 0 Å². The van der Waals surface area contributed by atoms with Gasteiger partial charge in [0, 0.05) is 33.4 Å². The summed E-state index contributed by atoms with van der Waals surface area (Å²) in [6.45, 7) is 0. The van der Waals surface area contributed by atoms with Gasteiger partial charge in [0.15, 0.2) is 0 Å². The Morgan fingerprint density at radius 2 is 1.12 bits per heavy atom. The Kier molecular flexibility index (Phi) is 4.85. The number of hydrogen-bond acceptors (Lipinski definition) is 2. The number of fused-ring (bicyclic) bond motifs is 6. The topological polar surface area (TPSA) is 46.5 Å². The molecule has 4 nitrogen and oxygen atoms in total. The Morgan fingerprint density at radius 3 is 1.93 bits per heavy atom. The second-order valence-corrected chi connectivity index (χ2v) is 10.0. The normalized spacial score (nSPS) is 11.5. The lowest BCUT2D eigenvalue weighted by atomic mass is 10.0. The Balaban J connectivity index is 1.38. The van der Waals surface area contributed by atoms with E-state index in [1.807, 2.05) is 12.1 Å². The van der Waals surface area contributed by atoms with E-state index in [4.69, 9.17) is 0 Å². The summed E-state index contributed by atoms with van der Waals surface area (Å²) in [5.41, 5.74) is 8.54. The predicted octanol–water partition coefficient (Wildman–Crippen LogP) is 8.81. The number of nitriles is 1. The van der Waals surface area contributed by atoms with E-state index in [2.05, 4.69) is 129 Å². The van der Waals surface area contributed by atoms with Crippen LogP contribution in [0.3, 0.4) is 0 Å². The van der Waals surface area contributed by atoms with E-state index in [9.17, 15) is 5.26 Å². The molecule has 0 aliphatic heterocycles. The molecule has 186 valence electrons. The maximum atomic E-state index is 9.53. The zero-order valence-corrected chi connectivity index (χ0v) is 21.5. The van der Waals surface area contributed by atoms with Crippen molar-refractivity contribution in [1.82, 2.24) is 14.1 Å². The molecule has 0 saturated carbocycles. The molecule has 0 atom stereocenters. The molecule has 4 heteroatoms. The molecule has 0 radical (unpaired) electrons. The molecule has 0 amide bonds. The number of pyridine rings is 1. The summed E-state index contributed by atoms with van der Waals surface area (Å²) < 4.78 is 4.50. The van der Waals surface area contributed by atoms with Gasteiger partial charge in [0.25, 0.3) is 0 Å². The minimum Gasteiger partial charge on any atom is -0.309 e. The van der Waals surface area contributed by atoms with E-state index >= 15 is 0 Å². The Bertz CT molecular complexity index is 2280. The van der Waals surface area contributed by atoms with Crippen LogP contribution in [0.1, 0.15) is 5.56 Å². The maximum Gasteiger partial charge on any atom is 0.138 e. The summed E-state index contributed by atoms with van der Waals surface area (Å²) in [5, 5.41) is 14.3. The van der Waals surface area contributed by atoms with Gasteiger partial charge in [-0.15, -0.1) is 0 Å². The summed E-state index contributed by atoms with van der Waals surface area (Å²) in [6.07, 6.45) is 1.70. The van der Waals surface area contributed by atoms with Gasteiger partial charge in [0.2, 0.25) is 0 Å². The lowest BCUT2D eigenvalue weighted by molar-refractivity contribution is 1.08. The highest BCUT2D eigenvalue weighted by atomic mass is 15.1. The first-order chi connectivity index (χ1) is 19.8. The molecule has 5 aromatic carbocycles. The van der Waals surface area contributed by atoms with E-state index < -0.39 is 0 Å². The molecule has 0 aliphatic carbocycles. The van der Waals surface area contributed by atoms with Crippen LogP contribution >= 0.6 is 0 Å². The van der Waals surface area contributed by atoms with Crippen LogP contribution in [0.25, 0.3) is 66.2 Å². The molecule has 0 saturated heterocycles. The van der Waals surface area contributed by atoms with Crippen molar-refractivity contribution < 1.29 is 0 Å². The van der Waals surface area contributed by atoms with Crippen LogP contribution in [0.2, 0.25) is 0 Å². The molecule has 8 aromatic rings. The fourth-order valence-electron chi connectivity index (χ4n) is 6.01. The van der Waals surface area contributed by atoms with Crippen LogP contribution in [0.4, 0.5) is 0 Å². The Hall–Kier alpha value is -5.66. The second kappa shape index (κ2) is 8.69. The number of hydrogen-bond donors (Lipinski definition) is 0. The van der Waals surface area contributed by atoms with Gasteiger partial charge in [-0.3, -0.25) is 4.57 Å². The summed E-state index contributed by atoms with van der Waals surface area (Å²) in [5.74, 6) is 0.740. The lowest BCUT2D eigenvalue weighted by Gasteiger charge is -2.09. The molecule has 3 heterocycles. The summed E-state index contributed by atoms with van der Waals surface area (Å²) in [4.78, 5) is 4.65. The van der Waals surface area contributed by atoms with Gasteiger partial charge in [0.1, 0.15) is 5.82 Å². The van der Waals surface area contributed by atoms with Crippen LogP contribution in [-0.4, -0.2) is 14.1 Å². The van der Waals surface area contributed by atoms with Crippen LogP contribution in [0.5, 0.6) is 0 Å². The minimum atomic E-state index is 0.590. The fraction of sp³-hybridized carbons (Fsp3) is 0. The van der Waals surface area contributed by atoms with Gasteiger partial charge < -0.3 is 4.57 Å². The van der Waals surface area contributed by atoms with E-state index in [0.717, 1.165) is 44.4 Å². The highest BCUT2D eigenvalue weighted by Gasteiger charge is 2.16. The largest absolute Gasteiger partial charge is 0.309 e. The molecule has 0 fully saturated rings. The van der Waals surface area contributed by atoms with Crippen LogP contribution in [-0.2, 0) is 0 Å². The van der Waals surface area contributed by atoms with E-state index in [-0.39, 0.29) is 0 Å². The minimum absolute atomic E-state index is 0.590. The number of para-hydroxylation sites is 3. The Labute approximate surface area is 230 Å². The van der Waals surface area contributed by atoms with Crippen molar-refractivity contribution in [2.45, 2.75) is 0 Å². The van der Waals surface area contributed by atoms with E-state index in [0.29, 0.717) is 5.56 Å². The van der Waals surface area contributed by atoms with Gasteiger partial charge in [-0.05, 0) is 65.7 Å². The number of nitrogens with zero attached hydrogens (tertiary/aromatic N) is 4. The molecule has 3 aromatic heterocycles. The highest BCUT2D eigenvalue weighted by Crippen LogP contribution is 2.37. The van der Waals surface area contributed by atoms with Crippen molar-refractivity contribution in [1.29, 1.82) is 5.26 Å². The average Bonchev–Trinajstić information content (AvgIpc) is 3.53. The smallest absolute Gasteiger partial charge is 0.138 e. The number of rotatable bonds is 3. The van der Waals surface area contributed by atoms with Crippen molar-refractivity contribution >= 4 is 43.6 Å². The van der Waals surface area contributed by atoms with Gasteiger partial charge in [-0.2, -0.15) is 5.26 Å². The molecule has 0 N–H and O–H groups in total. The summed E-state index contributed by atoms with van der Waals surface area (Å²) in [6, 6.07) is 46.7. The van der Waals surface area contributed by atoms with E-state index in [1.165, 1.54) is 21.8 Å². The molecule has 0 bridgehead atoms. The van der Waals surface area contributed by atoms with Crippen molar-refractivity contribution in [3.8, 4) is 28.7 Å². The van der Waals surface area contributed by atoms with Crippen LogP contribution in [0.15, 0.2) is 134 Å². The monoisotopic (exact) mass is 510 g/mol. The molecule has 0 spiro atoms. The molecular formula is C36H22N4. The average molecular weight is 511 g/mol. The van der Waals surface area contributed by atoms with Crippen molar-refractivity contribution in [3.05, 3.63) is 139 Å². The van der Waals surface area contributed by atoms with Crippen LogP contribution in [0, 0.1) is 11.3 Å². The SMILES string of the molecule is N#Cc1ccnc(-n2c3ccccc3c3ccc(-c4ccc5c(c4)c4ccccc4n5-c4ccccc4)cc32)c1. The maximum absolute atomic E-state index is 9.53. The van der Waals surface area contributed by atoms with E-state index in [1.54, 1.807) is 12.3 Å². The molecule has 0 unspecified atom stereocenters. The third kappa shape index (κ3) is 3.28. The third-order valence-electron chi connectivity index (χ3n) is 7.80. The lowest BCUT2D eigenvalue weighted by Crippen LogP contribution is -1.97. The Morgan fingerprint density at radius 1 is 0.500 bits per heavy atom. The zero-order chi connectivity index (χ0) is 26.6. The molecule has 0 aliphatic rings. The molecule has 8 rings (SSSR count). The van der Waals surface area contributed by atoms with Crippen molar-refractivity contribution in [2.75, 3.05) is 0 Å². The van der Waals surface area contributed by atoms with Crippen molar-refractivity contribution in [2.24, 2.45) is 0 Å². The zero-order valence-electron chi connectivity index (χ0n) is 21.5. The summed E-state index contributed by atoms with van der Waals surface area (Å²) >= 11 is 0. The fourth-order valence-corrected chi connectivity index (χ4v) is 6.01. The predicted molar refractivity (Wildman–Crippen MR) is 163 cm³/mol. The second-order valence-electron chi connectivity index (χ2n) is 10.0. The van der Waals surface area contributed by atoms with Gasteiger partial charge in [0.05, 0.1) is 33.7 Å². The number of benzene rings is 5. The standard InChI is InChI=1S/C36H22N4/c37-23-24-18-19-38-36(20-24)40-33-13-7-4-10-28(33)30-16-14-26(22-35(30)40)25-15-17-34-31(21-25)29-11-5-6-12-32(29)39(34)27-8-2-1-3-9-27/h1-22H. The molecular weight excluding hydrogens is 488 g/mol. The number of aromatic nitrogens is 3. The van der Waals surface area contributed by atoms with Crippen molar-refractivity contribution in [3.63, 3.8) is 0 Å².